The SMILES string of the molecule is CN(C)S(=O)(=O)c1ccc(NC(=O)Cn2cccc(C(F)(F)F)c2=O)cc1. The van der Waals surface area contributed by atoms with Crippen LogP contribution in [0.1, 0.15) is 5.56 Å². The summed E-state index contributed by atoms with van der Waals surface area (Å²) in [5.41, 5.74) is -2.46. The van der Waals surface area contributed by atoms with Crippen LogP contribution in [0.3, 0.4) is 0 Å². The topological polar surface area (TPSA) is 88.5 Å². The van der Waals surface area contributed by atoms with Crippen LogP contribution in [0.4, 0.5) is 18.9 Å². The number of sulfonamides is 1. The molecule has 7 nitrogen and oxygen atoms in total. The number of anilines is 1. The minimum Gasteiger partial charge on any atom is -0.325 e. The van der Waals surface area contributed by atoms with Crippen LogP contribution in [0.15, 0.2) is 52.3 Å². The number of hydrogen-bond donors (Lipinski definition) is 1. The first kappa shape index (κ1) is 20.6. The minimum absolute atomic E-state index is 0.0135. The van der Waals surface area contributed by atoms with Crippen LogP contribution in [0.2, 0.25) is 0 Å². The molecule has 2 rings (SSSR count). The zero-order valence-electron chi connectivity index (χ0n) is 14.3. The zero-order chi connectivity index (χ0) is 20.4. The van der Waals surface area contributed by atoms with Crippen molar-refractivity contribution in [3.05, 3.63) is 58.5 Å². The van der Waals surface area contributed by atoms with Gasteiger partial charge in [-0.1, -0.05) is 0 Å². The molecule has 2 aromatic rings. The van der Waals surface area contributed by atoms with Gasteiger partial charge in [0.1, 0.15) is 12.1 Å². The summed E-state index contributed by atoms with van der Waals surface area (Å²) < 4.78 is 63.8. The number of alkyl halides is 3. The lowest BCUT2D eigenvalue weighted by Gasteiger charge is -2.12. The number of nitrogens with one attached hydrogen (secondary N) is 1. The van der Waals surface area contributed by atoms with E-state index >= 15 is 0 Å². The molecule has 0 saturated heterocycles. The molecule has 0 fully saturated rings. The zero-order valence-corrected chi connectivity index (χ0v) is 15.1. The Kier molecular flexibility index (Phi) is 5.76. The predicted molar refractivity (Wildman–Crippen MR) is 91.6 cm³/mol. The second-order valence-corrected chi connectivity index (χ2v) is 7.86. The molecular weight excluding hydrogens is 387 g/mol. The molecule has 1 heterocycles. The summed E-state index contributed by atoms with van der Waals surface area (Å²) in [5.74, 6) is -0.736. The second-order valence-electron chi connectivity index (χ2n) is 5.71. The number of carbonyl (C=O) groups is 1. The van der Waals surface area contributed by atoms with Crippen LogP contribution in [-0.4, -0.2) is 37.3 Å². The van der Waals surface area contributed by atoms with E-state index in [0.717, 1.165) is 16.6 Å². The third kappa shape index (κ3) is 4.74. The maximum Gasteiger partial charge on any atom is 0.421 e. The Bertz CT molecular complexity index is 997. The molecule has 0 spiro atoms. The molecule has 0 aliphatic heterocycles. The molecule has 0 radical (unpaired) electrons. The van der Waals surface area contributed by atoms with Crippen molar-refractivity contribution in [3.63, 3.8) is 0 Å². The molecule has 146 valence electrons. The summed E-state index contributed by atoms with van der Waals surface area (Å²) >= 11 is 0. The van der Waals surface area contributed by atoms with Crippen LogP contribution in [-0.2, 0) is 27.5 Å². The van der Waals surface area contributed by atoms with Crippen molar-refractivity contribution in [1.29, 1.82) is 0 Å². The predicted octanol–water partition coefficient (Wildman–Crippen LogP) is 1.76. The highest BCUT2D eigenvalue weighted by Crippen LogP contribution is 2.26. The summed E-state index contributed by atoms with van der Waals surface area (Å²) in [6.07, 6.45) is -3.74. The number of nitrogens with zero attached hydrogens (tertiary/aromatic N) is 2. The van der Waals surface area contributed by atoms with Gasteiger partial charge in [0.15, 0.2) is 0 Å². The molecule has 1 N–H and O–H groups in total. The Morgan fingerprint density at radius 1 is 1.15 bits per heavy atom. The van der Waals surface area contributed by atoms with Crippen LogP contribution in [0.5, 0.6) is 0 Å². The molecule has 1 aromatic heterocycles. The van der Waals surface area contributed by atoms with E-state index in [9.17, 15) is 31.2 Å². The third-order valence-electron chi connectivity index (χ3n) is 3.56. The van der Waals surface area contributed by atoms with Crippen molar-refractivity contribution in [2.75, 3.05) is 19.4 Å². The molecule has 0 saturated carbocycles. The maximum absolute atomic E-state index is 12.7. The number of aromatic nitrogens is 1. The molecule has 0 aliphatic rings. The average Bonchev–Trinajstić information content (AvgIpc) is 2.56. The van der Waals surface area contributed by atoms with Gasteiger partial charge in [0.05, 0.1) is 4.90 Å². The molecular formula is C16H16F3N3O4S. The van der Waals surface area contributed by atoms with E-state index in [1.807, 2.05) is 0 Å². The van der Waals surface area contributed by atoms with Crippen molar-refractivity contribution >= 4 is 21.6 Å². The highest BCUT2D eigenvalue weighted by atomic mass is 32.2. The quantitative estimate of drug-likeness (QED) is 0.824. The number of amides is 1. The number of carbonyl (C=O) groups excluding carboxylic acids is 1. The van der Waals surface area contributed by atoms with Crippen LogP contribution >= 0.6 is 0 Å². The summed E-state index contributed by atoms with van der Waals surface area (Å²) in [6, 6.07) is 6.90. The van der Waals surface area contributed by atoms with Gasteiger partial charge in [0, 0.05) is 26.0 Å². The van der Waals surface area contributed by atoms with E-state index in [4.69, 9.17) is 0 Å². The number of halogens is 3. The number of benzene rings is 1. The van der Waals surface area contributed by atoms with E-state index in [1.165, 1.54) is 38.4 Å². The van der Waals surface area contributed by atoms with Gasteiger partial charge < -0.3 is 9.88 Å². The Morgan fingerprint density at radius 2 is 1.74 bits per heavy atom. The number of hydrogen-bond acceptors (Lipinski definition) is 4. The summed E-state index contributed by atoms with van der Waals surface area (Å²) in [4.78, 5) is 23.8. The smallest absolute Gasteiger partial charge is 0.325 e. The maximum atomic E-state index is 12.7. The van der Waals surface area contributed by atoms with Crippen LogP contribution in [0.25, 0.3) is 0 Å². The average molecular weight is 403 g/mol. The van der Waals surface area contributed by atoms with Gasteiger partial charge in [-0.2, -0.15) is 13.2 Å². The normalized spacial score (nSPS) is 12.2. The van der Waals surface area contributed by atoms with Gasteiger partial charge in [-0.25, -0.2) is 12.7 Å². The van der Waals surface area contributed by atoms with Crippen molar-refractivity contribution < 1.29 is 26.4 Å². The molecule has 11 heteroatoms. The summed E-state index contributed by atoms with van der Waals surface area (Å²) in [7, 11) is -0.881. The van der Waals surface area contributed by atoms with Crippen molar-refractivity contribution in [1.82, 2.24) is 8.87 Å². The highest BCUT2D eigenvalue weighted by molar-refractivity contribution is 7.89. The van der Waals surface area contributed by atoms with E-state index in [-0.39, 0.29) is 10.6 Å². The minimum atomic E-state index is -4.82. The third-order valence-corrected chi connectivity index (χ3v) is 5.39. The van der Waals surface area contributed by atoms with Gasteiger partial charge >= 0.3 is 6.18 Å². The lowest BCUT2D eigenvalue weighted by molar-refractivity contribution is -0.139. The van der Waals surface area contributed by atoms with Crippen LogP contribution in [0, 0.1) is 0 Å². The first-order chi connectivity index (χ1) is 12.4. The van der Waals surface area contributed by atoms with Gasteiger partial charge in [-0.3, -0.25) is 9.59 Å². The Morgan fingerprint density at radius 3 is 2.26 bits per heavy atom. The van der Waals surface area contributed by atoms with Gasteiger partial charge in [0.25, 0.3) is 5.56 Å². The summed E-state index contributed by atoms with van der Waals surface area (Å²) in [6.45, 7) is -0.625. The Balaban J connectivity index is 2.15. The van der Waals surface area contributed by atoms with E-state index in [0.29, 0.717) is 10.6 Å². The molecule has 0 atom stereocenters. The second kappa shape index (κ2) is 7.53. The first-order valence-electron chi connectivity index (χ1n) is 7.52. The highest BCUT2D eigenvalue weighted by Gasteiger charge is 2.34. The standard InChI is InChI=1S/C16H16F3N3O4S/c1-21(2)27(25,26)12-7-5-11(6-8-12)20-14(23)10-22-9-3-4-13(15(22)24)16(17,18)19/h3-9H,10H2,1-2H3,(H,20,23). The van der Waals surface area contributed by atoms with Crippen molar-refractivity contribution in [3.8, 4) is 0 Å². The van der Waals surface area contributed by atoms with Gasteiger partial charge in [-0.05, 0) is 36.4 Å². The van der Waals surface area contributed by atoms with Gasteiger partial charge in [0.2, 0.25) is 15.9 Å². The monoisotopic (exact) mass is 403 g/mol. The van der Waals surface area contributed by atoms with Crippen molar-refractivity contribution in [2.24, 2.45) is 0 Å². The lowest BCUT2D eigenvalue weighted by atomic mass is 10.2. The lowest BCUT2D eigenvalue weighted by Crippen LogP contribution is -2.31. The van der Waals surface area contributed by atoms with Gasteiger partial charge in [-0.15, -0.1) is 0 Å². The number of rotatable bonds is 5. The molecule has 1 aromatic carbocycles. The molecule has 1 amide bonds. The van der Waals surface area contributed by atoms with E-state index in [2.05, 4.69) is 5.32 Å². The largest absolute Gasteiger partial charge is 0.421 e. The number of pyridine rings is 1. The Hall–Kier alpha value is -2.66. The fraction of sp³-hybridized carbons (Fsp3) is 0.250. The van der Waals surface area contributed by atoms with E-state index in [1.54, 1.807) is 0 Å². The van der Waals surface area contributed by atoms with E-state index < -0.39 is 39.8 Å². The summed E-state index contributed by atoms with van der Waals surface area (Å²) in [5, 5.41) is 2.40. The molecule has 0 aliphatic carbocycles. The fourth-order valence-corrected chi connectivity index (χ4v) is 3.06. The Labute approximate surface area is 153 Å². The van der Waals surface area contributed by atoms with Crippen molar-refractivity contribution in [2.45, 2.75) is 17.6 Å². The molecule has 0 bridgehead atoms. The van der Waals surface area contributed by atoms with Crippen LogP contribution < -0.4 is 10.9 Å². The fourth-order valence-electron chi connectivity index (χ4n) is 2.15. The molecule has 27 heavy (non-hydrogen) atoms. The first-order valence-corrected chi connectivity index (χ1v) is 8.96. The molecule has 0 unspecified atom stereocenters.